The molecule has 0 saturated heterocycles. The van der Waals surface area contributed by atoms with E-state index in [0.29, 0.717) is 6.61 Å². The van der Waals surface area contributed by atoms with Crippen LogP contribution >= 0.6 is 15.9 Å². The van der Waals surface area contributed by atoms with Crippen molar-refractivity contribution >= 4 is 15.9 Å². The molecule has 112 valence electrons. The van der Waals surface area contributed by atoms with Gasteiger partial charge in [0.05, 0.1) is 11.6 Å². The first-order chi connectivity index (χ1) is 10.2. The Morgan fingerprint density at radius 1 is 1.14 bits per heavy atom. The first kappa shape index (κ1) is 15.9. The van der Waals surface area contributed by atoms with Crippen molar-refractivity contribution < 1.29 is 9.47 Å². The number of nitrogens with two attached hydrogens (primary N) is 1. The summed E-state index contributed by atoms with van der Waals surface area (Å²) in [7, 11) is 1.65. The highest BCUT2D eigenvalue weighted by Crippen LogP contribution is 2.28. The Kier molecular flexibility index (Phi) is 5.65. The second kappa shape index (κ2) is 7.48. The van der Waals surface area contributed by atoms with Crippen molar-refractivity contribution in [1.29, 1.82) is 0 Å². The second-order valence-corrected chi connectivity index (χ2v) is 5.66. The molecule has 0 spiro atoms. The topological polar surface area (TPSA) is 44.5 Å². The number of para-hydroxylation sites is 1. The molecule has 0 bridgehead atoms. The summed E-state index contributed by atoms with van der Waals surface area (Å²) in [4.78, 5) is 0. The normalized spacial score (nSPS) is 12.0. The van der Waals surface area contributed by atoms with Crippen LogP contribution in [-0.4, -0.2) is 7.11 Å². The van der Waals surface area contributed by atoms with Crippen LogP contribution in [0.4, 0.5) is 0 Å². The Morgan fingerprint density at radius 3 is 2.57 bits per heavy atom. The molecule has 2 rings (SSSR count). The van der Waals surface area contributed by atoms with E-state index in [-0.39, 0.29) is 6.04 Å². The smallest absolute Gasteiger partial charge is 0.133 e. The average Bonchev–Trinajstić information content (AvgIpc) is 2.52. The SMILES string of the molecule is CCC(N)c1ccccc1OCc1ccc(OC)c(Br)c1. The Hall–Kier alpha value is -1.52. The molecule has 4 heteroatoms. The van der Waals surface area contributed by atoms with E-state index < -0.39 is 0 Å². The van der Waals surface area contributed by atoms with E-state index in [1.54, 1.807) is 7.11 Å². The maximum atomic E-state index is 6.12. The van der Waals surface area contributed by atoms with E-state index in [1.807, 2.05) is 42.5 Å². The van der Waals surface area contributed by atoms with Gasteiger partial charge in [0.15, 0.2) is 0 Å². The molecule has 2 N–H and O–H groups in total. The van der Waals surface area contributed by atoms with Crippen molar-refractivity contribution in [3.05, 3.63) is 58.1 Å². The van der Waals surface area contributed by atoms with Crippen LogP contribution in [0.1, 0.15) is 30.5 Å². The van der Waals surface area contributed by atoms with Gasteiger partial charge in [-0.15, -0.1) is 0 Å². The molecule has 0 aliphatic carbocycles. The first-order valence-electron chi connectivity index (χ1n) is 6.95. The van der Waals surface area contributed by atoms with Gasteiger partial charge in [-0.25, -0.2) is 0 Å². The van der Waals surface area contributed by atoms with Crippen molar-refractivity contribution in [2.45, 2.75) is 26.0 Å². The molecule has 0 amide bonds. The molecular weight excluding hydrogens is 330 g/mol. The monoisotopic (exact) mass is 349 g/mol. The molecule has 0 aliphatic rings. The maximum Gasteiger partial charge on any atom is 0.133 e. The van der Waals surface area contributed by atoms with E-state index in [9.17, 15) is 0 Å². The van der Waals surface area contributed by atoms with Crippen LogP contribution in [0.2, 0.25) is 0 Å². The number of hydrogen-bond acceptors (Lipinski definition) is 3. The van der Waals surface area contributed by atoms with Crippen LogP contribution in [-0.2, 0) is 6.61 Å². The minimum Gasteiger partial charge on any atom is -0.496 e. The second-order valence-electron chi connectivity index (χ2n) is 4.81. The maximum absolute atomic E-state index is 6.12. The fraction of sp³-hybridized carbons (Fsp3) is 0.294. The van der Waals surface area contributed by atoms with E-state index in [4.69, 9.17) is 15.2 Å². The van der Waals surface area contributed by atoms with Crippen LogP contribution in [0.5, 0.6) is 11.5 Å². The van der Waals surface area contributed by atoms with Gasteiger partial charge >= 0.3 is 0 Å². The molecule has 0 saturated carbocycles. The molecule has 1 atom stereocenters. The molecule has 3 nitrogen and oxygen atoms in total. The Morgan fingerprint density at radius 2 is 1.90 bits per heavy atom. The van der Waals surface area contributed by atoms with Gasteiger partial charge in [0.2, 0.25) is 0 Å². The molecule has 1 unspecified atom stereocenters. The van der Waals surface area contributed by atoms with Crippen molar-refractivity contribution in [1.82, 2.24) is 0 Å². The number of ether oxygens (including phenoxy) is 2. The molecule has 0 radical (unpaired) electrons. The van der Waals surface area contributed by atoms with Crippen LogP contribution < -0.4 is 15.2 Å². The molecule has 21 heavy (non-hydrogen) atoms. The highest BCUT2D eigenvalue weighted by Gasteiger charge is 2.10. The zero-order chi connectivity index (χ0) is 15.2. The summed E-state index contributed by atoms with van der Waals surface area (Å²) in [5.74, 6) is 1.66. The van der Waals surface area contributed by atoms with Crippen molar-refractivity contribution in [2.24, 2.45) is 5.73 Å². The number of hydrogen-bond donors (Lipinski definition) is 1. The van der Waals surface area contributed by atoms with Crippen molar-refractivity contribution in [3.63, 3.8) is 0 Å². The van der Waals surface area contributed by atoms with Gasteiger partial charge in [-0.2, -0.15) is 0 Å². The van der Waals surface area contributed by atoms with Crippen LogP contribution in [0.15, 0.2) is 46.9 Å². The lowest BCUT2D eigenvalue weighted by molar-refractivity contribution is 0.300. The summed E-state index contributed by atoms with van der Waals surface area (Å²) in [5.41, 5.74) is 8.24. The fourth-order valence-electron chi connectivity index (χ4n) is 2.10. The predicted molar refractivity (Wildman–Crippen MR) is 88.7 cm³/mol. The summed E-state index contributed by atoms with van der Waals surface area (Å²) in [5, 5.41) is 0. The van der Waals surface area contributed by atoms with Gasteiger partial charge in [-0.1, -0.05) is 31.2 Å². The summed E-state index contributed by atoms with van der Waals surface area (Å²) in [6.07, 6.45) is 0.883. The predicted octanol–water partition coefficient (Wildman–Crippen LogP) is 4.45. The molecule has 0 aliphatic heterocycles. The molecular formula is C17H20BrNO2. The standard InChI is InChI=1S/C17H20BrNO2/c1-3-15(19)13-6-4-5-7-16(13)21-11-12-8-9-17(20-2)14(18)10-12/h4-10,15H,3,11,19H2,1-2H3. The van der Waals surface area contributed by atoms with Crippen LogP contribution in [0, 0.1) is 0 Å². The highest BCUT2D eigenvalue weighted by molar-refractivity contribution is 9.10. The largest absolute Gasteiger partial charge is 0.496 e. The van der Waals surface area contributed by atoms with Gasteiger partial charge in [-0.05, 0) is 46.1 Å². The minimum atomic E-state index is 0.00352. The summed E-state index contributed by atoms with van der Waals surface area (Å²) >= 11 is 3.48. The zero-order valence-corrected chi connectivity index (χ0v) is 13.9. The number of halogens is 1. The van der Waals surface area contributed by atoms with Gasteiger partial charge in [-0.3, -0.25) is 0 Å². The van der Waals surface area contributed by atoms with Crippen molar-refractivity contribution in [3.8, 4) is 11.5 Å². The Balaban J connectivity index is 2.11. The number of rotatable bonds is 6. The summed E-state index contributed by atoms with van der Waals surface area (Å²) in [6, 6.07) is 13.9. The molecule has 2 aromatic rings. The third-order valence-electron chi connectivity index (χ3n) is 3.37. The summed E-state index contributed by atoms with van der Waals surface area (Å²) in [6.45, 7) is 2.57. The molecule has 0 heterocycles. The van der Waals surface area contributed by atoms with E-state index >= 15 is 0 Å². The molecule has 0 aromatic heterocycles. The Bertz CT molecular complexity index is 601. The first-order valence-corrected chi connectivity index (χ1v) is 7.74. The summed E-state index contributed by atoms with van der Waals surface area (Å²) < 4.78 is 12.1. The lowest BCUT2D eigenvalue weighted by atomic mass is 10.0. The minimum absolute atomic E-state index is 0.00352. The van der Waals surface area contributed by atoms with E-state index in [2.05, 4.69) is 22.9 Å². The zero-order valence-electron chi connectivity index (χ0n) is 12.3. The van der Waals surface area contributed by atoms with E-state index in [0.717, 1.165) is 33.5 Å². The van der Waals surface area contributed by atoms with Crippen LogP contribution in [0.3, 0.4) is 0 Å². The number of benzene rings is 2. The molecule has 0 fully saturated rings. The quantitative estimate of drug-likeness (QED) is 0.837. The van der Waals surface area contributed by atoms with Crippen LogP contribution in [0.25, 0.3) is 0 Å². The van der Waals surface area contributed by atoms with Gasteiger partial charge in [0.25, 0.3) is 0 Å². The van der Waals surface area contributed by atoms with Gasteiger partial charge in [0.1, 0.15) is 18.1 Å². The average molecular weight is 350 g/mol. The highest BCUT2D eigenvalue weighted by atomic mass is 79.9. The van der Waals surface area contributed by atoms with Gasteiger partial charge < -0.3 is 15.2 Å². The van der Waals surface area contributed by atoms with E-state index in [1.165, 1.54) is 0 Å². The fourth-order valence-corrected chi connectivity index (χ4v) is 2.69. The Labute approximate surface area is 134 Å². The third kappa shape index (κ3) is 3.99. The lowest BCUT2D eigenvalue weighted by Crippen LogP contribution is -2.10. The number of methoxy groups -OCH3 is 1. The third-order valence-corrected chi connectivity index (χ3v) is 3.99. The van der Waals surface area contributed by atoms with Gasteiger partial charge in [0, 0.05) is 11.6 Å². The van der Waals surface area contributed by atoms with Crippen molar-refractivity contribution in [2.75, 3.05) is 7.11 Å². The molecule has 2 aromatic carbocycles. The lowest BCUT2D eigenvalue weighted by Gasteiger charge is -2.16.